The number of esters is 1. The molecule has 1 aliphatic rings. The Morgan fingerprint density at radius 3 is 1.60 bits per heavy atom. The number of hydrogen-bond acceptors (Lipinski definition) is 11. The van der Waals surface area contributed by atoms with Gasteiger partial charge in [-0.05, 0) is 83.5 Å². The monoisotopic (exact) mass is 867 g/mol. The van der Waals surface area contributed by atoms with Gasteiger partial charge in [0.15, 0.2) is 6.29 Å². The molecule has 6 unspecified atom stereocenters. The standard InChI is InChI=1S/C47H78O12S/c1-3-5-7-9-11-13-15-17-19-21-22-24-26-28-30-32-34-36-43(49)57-41(40-56-47-45(51)46(59-60(52,53)54)44(50)42(38-48)58-47)39-55-37-35-33-31-29-27-25-23-20-18-16-14-12-10-8-6-4-2/h5-8,11-14,17-20,22,24,41-42,44-48,50-51H,3-4,9-10,15-16,21,23,25-40H2,1-2H3,(H,52,53,54)/b7-5-,8-6-,13-11-,14-12-,19-17-,20-18-,24-22-. The first kappa shape index (κ1) is 55.3. The lowest BCUT2D eigenvalue weighted by Gasteiger charge is -2.41. The predicted octanol–water partition coefficient (Wildman–Crippen LogP) is 9.29. The van der Waals surface area contributed by atoms with E-state index < -0.39 is 59.8 Å². The molecule has 0 aromatic heterocycles. The molecule has 4 N–H and O–H groups in total. The van der Waals surface area contributed by atoms with E-state index in [0.717, 1.165) is 109 Å². The summed E-state index contributed by atoms with van der Waals surface area (Å²) in [4.78, 5) is 12.8. The SMILES string of the molecule is CC/C=C\C/C=C\C/C=C\C/C=C\CCCCCCC(=O)OC(COCCCCCCCC/C=C\C/C=C\C/C=C\CC)COC1OC(CO)C(O)C(OS(=O)(=O)O)C1O. The van der Waals surface area contributed by atoms with Crippen molar-refractivity contribution in [3.8, 4) is 0 Å². The molecule has 13 heteroatoms. The summed E-state index contributed by atoms with van der Waals surface area (Å²) in [6.07, 6.45) is 40.4. The van der Waals surface area contributed by atoms with E-state index in [1.165, 1.54) is 6.42 Å². The van der Waals surface area contributed by atoms with Crippen molar-refractivity contribution < 1.29 is 56.2 Å². The van der Waals surface area contributed by atoms with Gasteiger partial charge in [-0.1, -0.05) is 137 Å². The van der Waals surface area contributed by atoms with Gasteiger partial charge < -0.3 is 34.3 Å². The molecule has 1 saturated heterocycles. The van der Waals surface area contributed by atoms with Crippen LogP contribution in [0.3, 0.4) is 0 Å². The van der Waals surface area contributed by atoms with Crippen LogP contribution in [0.2, 0.25) is 0 Å². The maximum absolute atomic E-state index is 12.8. The fourth-order valence-corrected chi connectivity index (χ4v) is 6.71. The lowest BCUT2D eigenvalue weighted by Crippen LogP contribution is -2.60. The average Bonchev–Trinajstić information content (AvgIpc) is 3.22. The molecule has 0 aliphatic carbocycles. The molecule has 0 aromatic rings. The quantitative estimate of drug-likeness (QED) is 0.0202. The van der Waals surface area contributed by atoms with Crippen molar-refractivity contribution in [1.29, 1.82) is 0 Å². The van der Waals surface area contributed by atoms with Gasteiger partial charge in [0.1, 0.15) is 30.5 Å². The molecule has 1 fully saturated rings. The average molecular weight is 867 g/mol. The highest BCUT2D eigenvalue weighted by molar-refractivity contribution is 7.80. The normalized spacial score (nSPS) is 21.1. The van der Waals surface area contributed by atoms with Gasteiger partial charge in [0.05, 0.1) is 19.8 Å². The summed E-state index contributed by atoms with van der Waals surface area (Å²) < 4.78 is 59.0. The second-order valence-electron chi connectivity index (χ2n) is 14.9. The number of aliphatic hydroxyl groups is 3. The molecule has 344 valence electrons. The lowest BCUT2D eigenvalue weighted by molar-refractivity contribution is -0.301. The molecule has 1 aliphatic heterocycles. The lowest BCUT2D eigenvalue weighted by atomic mass is 9.99. The Bertz CT molecular complexity index is 1370. The Hall–Kier alpha value is -2.72. The molecule has 60 heavy (non-hydrogen) atoms. The van der Waals surface area contributed by atoms with Gasteiger partial charge in [-0.2, -0.15) is 8.42 Å². The zero-order valence-corrected chi connectivity index (χ0v) is 37.3. The molecule has 0 saturated carbocycles. The van der Waals surface area contributed by atoms with Gasteiger partial charge in [0, 0.05) is 13.0 Å². The molecule has 0 bridgehead atoms. The number of allylic oxidation sites excluding steroid dienone is 14. The van der Waals surface area contributed by atoms with E-state index >= 15 is 0 Å². The molecule has 1 heterocycles. The summed E-state index contributed by atoms with van der Waals surface area (Å²) >= 11 is 0. The Balaban J connectivity index is 2.47. The zero-order valence-electron chi connectivity index (χ0n) is 36.5. The molecule has 12 nitrogen and oxygen atoms in total. The molecular formula is C47H78O12S. The first-order chi connectivity index (χ1) is 29.1. The highest BCUT2D eigenvalue weighted by Crippen LogP contribution is 2.26. The zero-order chi connectivity index (χ0) is 43.9. The molecule has 1 rings (SSSR count). The van der Waals surface area contributed by atoms with Crippen LogP contribution in [0, 0.1) is 0 Å². The molecular weight excluding hydrogens is 789 g/mol. The van der Waals surface area contributed by atoms with E-state index in [1.54, 1.807) is 0 Å². The number of rotatable bonds is 37. The summed E-state index contributed by atoms with van der Waals surface area (Å²) in [7, 11) is -5.07. The van der Waals surface area contributed by atoms with Crippen LogP contribution in [0.4, 0.5) is 0 Å². The number of carbonyl (C=O) groups is 1. The number of ether oxygens (including phenoxy) is 4. The largest absolute Gasteiger partial charge is 0.457 e. The Kier molecular flexibility index (Phi) is 35.0. The number of aliphatic hydroxyl groups excluding tert-OH is 3. The Labute approximate surface area is 362 Å². The van der Waals surface area contributed by atoms with Crippen LogP contribution in [-0.4, -0.2) is 97.5 Å². The van der Waals surface area contributed by atoms with Crippen molar-refractivity contribution >= 4 is 16.4 Å². The smallest absolute Gasteiger partial charge is 0.397 e. The maximum atomic E-state index is 12.8. The fourth-order valence-electron chi connectivity index (χ4n) is 6.21. The highest BCUT2D eigenvalue weighted by atomic mass is 32.3. The van der Waals surface area contributed by atoms with Crippen LogP contribution in [0.25, 0.3) is 0 Å². The van der Waals surface area contributed by atoms with Gasteiger partial charge in [-0.15, -0.1) is 0 Å². The molecule has 0 aromatic carbocycles. The van der Waals surface area contributed by atoms with Gasteiger partial charge in [0.2, 0.25) is 0 Å². The molecule has 0 amide bonds. The van der Waals surface area contributed by atoms with Crippen molar-refractivity contribution in [3.63, 3.8) is 0 Å². The van der Waals surface area contributed by atoms with Gasteiger partial charge >= 0.3 is 16.4 Å². The predicted molar refractivity (Wildman–Crippen MR) is 239 cm³/mol. The Morgan fingerprint density at radius 2 is 1.10 bits per heavy atom. The van der Waals surface area contributed by atoms with Gasteiger partial charge in [-0.25, -0.2) is 4.18 Å². The van der Waals surface area contributed by atoms with Crippen LogP contribution >= 0.6 is 0 Å². The van der Waals surface area contributed by atoms with Crippen LogP contribution in [0.1, 0.15) is 142 Å². The summed E-state index contributed by atoms with van der Waals surface area (Å²) in [6, 6.07) is 0. The Morgan fingerprint density at radius 1 is 0.633 bits per heavy atom. The molecule has 6 atom stereocenters. The van der Waals surface area contributed by atoms with Crippen LogP contribution in [0.15, 0.2) is 85.1 Å². The third kappa shape index (κ3) is 31.2. The van der Waals surface area contributed by atoms with Gasteiger partial charge in [-0.3, -0.25) is 9.35 Å². The van der Waals surface area contributed by atoms with Crippen molar-refractivity contribution in [1.82, 2.24) is 0 Å². The summed E-state index contributed by atoms with van der Waals surface area (Å²) in [6.45, 7) is 3.68. The number of unbranched alkanes of at least 4 members (excludes halogenated alkanes) is 10. The third-order valence-electron chi connectivity index (χ3n) is 9.51. The molecule has 0 spiro atoms. The van der Waals surface area contributed by atoms with Gasteiger partial charge in [0.25, 0.3) is 0 Å². The first-order valence-electron chi connectivity index (χ1n) is 22.3. The summed E-state index contributed by atoms with van der Waals surface area (Å²) in [5.74, 6) is -0.432. The minimum Gasteiger partial charge on any atom is -0.457 e. The maximum Gasteiger partial charge on any atom is 0.397 e. The van der Waals surface area contributed by atoms with Crippen LogP contribution in [-0.2, 0) is 38.3 Å². The van der Waals surface area contributed by atoms with Crippen LogP contribution < -0.4 is 0 Å². The van der Waals surface area contributed by atoms with Crippen molar-refractivity contribution in [2.75, 3.05) is 26.4 Å². The van der Waals surface area contributed by atoms with Crippen molar-refractivity contribution in [2.45, 2.75) is 179 Å². The minimum atomic E-state index is -5.07. The second kappa shape index (κ2) is 38.0. The van der Waals surface area contributed by atoms with E-state index in [1.807, 2.05) is 0 Å². The summed E-state index contributed by atoms with van der Waals surface area (Å²) in [5.41, 5.74) is 0. The fraction of sp³-hybridized carbons (Fsp3) is 0.681. The third-order valence-corrected chi connectivity index (χ3v) is 9.98. The molecule has 0 radical (unpaired) electrons. The van der Waals surface area contributed by atoms with E-state index in [9.17, 15) is 28.5 Å². The number of carbonyl (C=O) groups excluding carboxylic acids is 1. The van der Waals surface area contributed by atoms with E-state index in [-0.39, 0.29) is 19.6 Å². The van der Waals surface area contributed by atoms with E-state index in [0.29, 0.717) is 13.0 Å². The minimum absolute atomic E-state index is 0.0113. The van der Waals surface area contributed by atoms with Crippen molar-refractivity contribution in [2.24, 2.45) is 0 Å². The van der Waals surface area contributed by atoms with E-state index in [2.05, 4.69) is 103 Å². The summed E-state index contributed by atoms with van der Waals surface area (Å²) in [5, 5.41) is 30.7. The highest BCUT2D eigenvalue weighted by Gasteiger charge is 2.48. The number of hydrogen-bond donors (Lipinski definition) is 4. The topological polar surface area (TPSA) is 178 Å². The van der Waals surface area contributed by atoms with Crippen molar-refractivity contribution in [3.05, 3.63) is 85.1 Å². The second-order valence-corrected chi connectivity index (χ2v) is 15.9. The van der Waals surface area contributed by atoms with E-state index in [4.69, 9.17) is 23.5 Å². The van der Waals surface area contributed by atoms with Crippen LogP contribution in [0.5, 0.6) is 0 Å². The first-order valence-corrected chi connectivity index (χ1v) is 23.7.